The Bertz CT molecular complexity index is 569. The van der Waals surface area contributed by atoms with Crippen molar-refractivity contribution in [3.05, 3.63) is 17.3 Å². The van der Waals surface area contributed by atoms with E-state index in [-0.39, 0.29) is 6.61 Å². The summed E-state index contributed by atoms with van der Waals surface area (Å²) >= 11 is 1.69. The van der Waals surface area contributed by atoms with E-state index < -0.39 is 0 Å². The van der Waals surface area contributed by atoms with Gasteiger partial charge in [-0.3, -0.25) is 0 Å². The van der Waals surface area contributed by atoms with Crippen LogP contribution in [0.5, 0.6) is 0 Å². The molecular weight excluding hydrogens is 258 g/mol. The summed E-state index contributed by atoms with van der Waals surface area (Å²) in [5.74, 6) is 1.27. The molecule has 1 aliphatic carbocycles. The molecular formula is C14H19N3OS. The Hall–Kier alpha value is -1.20. The maximum atomic E-state index is 9.49. The summed E-state index contributed by atoms with van der Waals surface area (Å²) in [7, 11) is 0. The minimum Gasteiger partial charge on any atom is -0.396 e. The van der Waals surface area contributed by atoms with Crippen molar-refractivity contribution in [1.29, 1.82) is 0 Å². The van der Waals surface area contributed by atoms with Crippen molar-refractivity contribution in [2.75, 3.05) is 11.9 Å². The SMILES string of the molecule is Cc1csc2c(NC3CCCCC3CO)ncnc12. The second-order valence-electron chi connectivity index (χ2n) is 5.30. The normalized spacial score (nSPS) is 23.7. The molecule has 2 atom stereocenters. The van der Waals surface area contributed by atoms with Crippen molar-refractivity contribution in [3.8, 4) is 0 Å². The number of anilines is 1. The van der Waals surface area contributed by atoms with Gasteiger partial charge in [-0.1, -0.05) is 12.8 Å². The molecule has 2 heterocycles. The Morgan fingerprint density at radius 2 is 2.21 bits per heavy atom. The Kier molecular flexibility index (Phi) is 3.66. The molecule has 102 valence electrons. The maximum absolute atomic E-state index is 9.49. The number of aliphatic hydroxyl groups is 1. The van der Waals surface area contributed by atoms with Crippen molar-refractivity contribution < 1.29 is 5.11 Å². The number of fused-ring (bicyclic) bond motifs is 1. The van der Waals surface area contributed by atoms with Gasteiger partial charge < -0.3 is 10.4 Å². The first-order valence-corrected chi connectivity index (χ1v) is 7.73. The van der Waals surface area contributed by atoms with Crippen LogP contribution >= 0.6 is 11.3 Å². The number of hydrogen-bond donors (Lipinski definition) is 2. The van der Waals surface area contributed by atoms with Gasteiger partial charge in [0.15, 0.2) is 0 Å². The van der Waals surface area contributed by atoms with Crippen molar-refractivity contribution in [2.45, 2.75) is 38.6 Å². The number of aromatic nitrogens is 2. The van der Waals surface area contributed by atoms with Crippen LogP contribution in [0.3, 0.4) is 0 Å². The summed E-state index contributed by atoms with van der Waals surface area (Å²) in [5, 5.41) is 15.1. The first kappa shape index (κ1) is 12.8. The van der Waals surface area contributed by atoms with E-state index in [1.807, 2.05) is 0 Å². The summed E-state index contributed by atoms with van der Waals surface area (Å²) in [4.78, 5) is 8.73. The first-order chi connectivity index (χ1) is 9.29. The molecule has 0 saturated heterocycles. The molecule has 0 aromatic carbocycles. The lowest BCUT2D eigenvalue weighted by molar-refractivity contribution is 0.178. The van der Waals surface area contributed by atoms with Gasteiger partial charge in [-0.05, 0) is 30.7 Å². The number of aryl methyl sites for hydroxylation is 1. The van der Waals surface area contributed by atoms with Crippen LogP contribution in [0.1, 0.15) is 31.2 Å². The zero-order valence-electron chi connectivity index (χ0n) is 11.1. The Morgan fingerprint density at radius 1 is 1.37 bits per heavy atom. The monoisotopic (exact) mass is 277 g/mol. The Balaban J connectivity index is 1.88. The van der Waals surface area contributed by atoms with Crippen LogP contribution in [-0.2, 0) is 0 Å². The molecule has 19 heavy (non-hydrogen) atoms. The zero-order valence-corrected chi connectivity index (χ0v) is 11.9. The highest BCUT2D eigenvalue weighted by atomic mass is 32.1. The lowest BCUT2D eigenvalue weighted by atomic mass is 9.85. The quantitative estimate of drug-likeness (QED) is 0.905. The number of hydrogen-bond acceptors (Lipinski definition) is 5. The molecule has 0 spiro atoms. The van der Waals surface area contributed by atoms with E-state index >= 15 is 0 Å². The first-order valence-electron chi connectivity index (χ1n) is 6.86. The van der Waals surface area contributed by atoms with Gasteiger partial charge in [0.2, 0.25) is 0 Å². The molecule has 0 bridgehead atoms. The van der Waals surface area contributed by atoms with E-state index in [4.69, 9.17) is 0 Å². The third-order valence-corrected chi connectivity index (χ3v) is 5.09. The van der Waals surface area contributed by atoms with E-state index in [1.165, 1.54) is 18.4 Å². The largest absolute Gasteiger partial charge is 0.396 e. The predicted molar refractivity (Wildman–Crippen MR) is 78.6 cm³/mol. The summed E-state index contributed by atoms with van der Waals surface area (Å²) < 4.78 is 1.13. The number of aliphatic hydroxyl groups excluding tert-OH is 1. The highest BCUT2D eigenvalue weighted by Gasteiger charge is 2.25. The van der Waals surface area contributed by atoms with Gasteiger partial charge in [0.1, 0.15) is 12.1 Å². The fourth-order valence-electron chi connectivity index (χ4n) is 2.86. The average molecular weight is 277 g/mol. The summed E-state index contributed by atoms with van der Waals surface area (Å²) in [6.07, 6.45) is 6.29. The van der Waals surface area contributed by atoms with Crippen molar-refractivity contribution in [1.82, 2.24) is 9.97 Å². The molecule has 5 heteroatoms. The molecule has 4 nitrogen and oxygen atoms in total. The van der Waals surface area contributed by atoms with Gasteiger partial charge in [-0.2, -0.15) is 0 Å². The zero-order chi connectivity index (χ0) is 13.2. The number of thiophene rings is 1. The Morgan fingerprint density at radius 3 is 3.05 bits per heavy atom. The summed E-state index contributed by atoms with van der Waals surface area (Å²) in [6.45, 7) is 2.34. The Labute approximate surface area is 116 Å². The number of rotatable bonds is 3. The standard InChI is InChI=1S/C14H19N3OS/c1-9-7-19-13-12(9)15-8-16-14(13)17-11-5-3-2-4-10(11)6-18/h7-8,10-11,18H,2-6H2,1H3,(H,15,16,17). The van der Waals surface area contributed by atoms with Crippen molar-refractivity contribution in [2.24, 2.45) is 5.92 Å². The van der Waals surface area contributed by atoms with E-state index in [1.54, 1.807) is 17.7 Å². The minimum atomic E-state index is 0.259. The molecule has 0 radical (unpaired) electrons. The van der Waals surface area contributed by atoms with Crippen molar-refractivity contribution in [3.63, 3.8) is 0 Å². The van der Waals surface area contributed by atoms with Crippen LogP contribution in [0.2, 0.25) is 0 Å². The van der Waals surface area contributed by atoms with Crippen LogP contribution in [0.25, 0.3) is 10.2 Å². The third-order valence-electron chi connectivity index (χ3n) is 4.00. The molecule has 0 aliphatic heterocycles. The van der Waals surface area contributed by atoms with Gasteiger partial charge in [0.25, 0.3) is 0 Å². The maximum Gasteiger partial charge on any atom is 0.147 e. The van der Waals surface area contributed by atoms with Crippen LogP contribution in [0.4, 0.5) is 5.82 Å². The van der Waals surface area contributed by atoms with Gasteiger partial charge >= 0.3 is 0 Å². The molecule has 0 amide bonds. The minimum absolute atomic E-state index is 0.259. The second kappa shape index (κ2) is 5.43. The predicted octanol–water partition coefficient (Wildman–Crippen LogP) is 2.96. The van der Waals surface area contributed by atoms with Crippen LogP contribution in [0, 0.1) is 12.8 Å². The number of nitrogens with one attached hydrogen (secondary N) is 1. The highest BCUT2D eigenvalue weighted by Crippen LogP contribution is 2.32. The summed E-state index contributed by atoms with van der Waals surface area (Å²) in [6, 6.07) is 0.333. The second-order valence-corrected chi connectivity index (χ2v) is 6.18. The third kappa shape index (κ3) is 2.44. The smallest absolute Gasteiger partial charge is 0.147 e. The highest BCUT2D eigenvalue weighted by molar-refractivity contribution is 7.18. The molecule has 1 saturated carbocycles. The fraction of sp³-hybridized carbons (Fsp3) is 0.571. The molecule has 2 unspecified atom stereocenters. The topological polar surface area (TPSA) is 58.0 Å². The lowest BCUT2D eigenvalue weighted by Crippen LogP contribution is -2.34. The van der Waals surface area contributed by atoms with Crippen LogP contribution < -0.4 is 5.32 Å². The molecule has 1 aliphatic rings. The van der Waals surface area contributed by atoms with Gasteiger partial charge in [-0.25, -0.2) is 9.97 Å². The van der Waals surface area contributed by atoms with Gasteiger partial charge in [0, 0.05) is 18.6 Å². The average Bonchev–Trinajstić information content (AvgIpc) is 2.82. The van der Waals surface area contributed by atoms with Gasteiger partial charge in [0.05, 0.1) is 10.2 Å². The molecule has 2 N–H and O–H groups in total. The molecule has 1 fully saturated rings. The lowest BCUT2D eigenvalue weighted by Gasteiger charge is -2.31. The fourth-order valence-corrected chi connectivity index (χ4v) is 3.82. The number of nitrogens with zero attached hydrogens (tertiary/aromatic N) is 2. The molecule has 3 rings (SSSR count). The van der Waals surface area contributed by atoms with Gasteiger partial charge in [-0.15, -0.1) is 11.3 Å². The van der Waals surface area contributed by atoms with E-state index in [0.29, 0.717) is 12.0 Å². The van der Waals surface area contributed by atoms with Crippen LogP contribution in [-0.4, -0.2) is 27.7 Å². The van der Waals surface area contributed by atoms with Crippen molar-refractivity contribution >= 4 is 27.4 Å². The van der Waals surface area contributed by atoms with E-state index in [9.17, 15) is 5.11 Å². The van der Waals surface area contributed by atoms with E-state index in [0.717, 1.165) is 28.9 Å². The van der Waals surface area contributed by atoms with E-state index in [2.05, 4.69) is 27.6 Å². The van der Waals surface area contributed by atoms with Crippen LogP contribution in [0.15, 0.2) is 11.7 Å². The summed E-state index contributed by atoms with van der Waals surface area (Å²) in [5.41, 5.74) is 2.24. The molecule has 2 aromatic rings. The molecule has 2 aromatic heterocycles.